The summed E-state index contributed by atoms with van der Waals surface area (Å²) in [6, 6.07) is 4.26. The van der Waals surface area contributed by atoms with Gasteiger partial charge in [-0.25, -0.2) is 0 Å². The molecule has 1 aromatic rings. The molecule has 0 saturated heterocycles. The van der Waals surface area contributed by atoms with E-state index in [1.54, 1.807) is 0 Å². The third-order valence-electron chi connectivity index (χ3n) is 5.89. The van der Waals surface area contributed by atoms with Crippen LogP contribution < -0.4 is 4.74 Å². The first kappa shape index (κ1) is 17.9. The molecule has 0 amide bonds. The van der Waals surface area contributed by atoms with Crippen LogP contribution in [0.5, 0.6) is 11.5 Å². The number of ether oxygens (including phenoxy) is 1. The van der Waals surface area contributed by atoms with Gasteiger partial charge in [0.2, 0.25) is 0 Å². The summed E-state index contributed by atoms with van der Waals surface area (Å²) < 4.78 is 6.35. The first-order valence-electron chi connectivity index (χ1n) is 9.54. The topological polar surface area (TPSA) is 53.2 Å². The number of unbranched alkanes of at least 4 members (excludes halogenated alkanes) is 2. The van der Waals surface area contributed by atoms with Crippen molar-refractivity contribution in [1.29, 1.82) is 5.26 Å². The van der Waals surface area contributed by atoms with Crippen molar-refractivity contribution in [2.75, 3.05) is 0 Å². The van der Waals surface area contributed by atoms with Crippen LogP contribution in [-0.2, 0) is 6.42 Å². The number of phenolic OH excluding ortho intramolecular Hbond substituents is 1. The van der Waals surface area contributed by atoms with Crippen LogP contribution in [0.3, 0.4) is 0 Å². The molecule has 0 fully saturated rings. The van der Waals surface area contributed by atoms with Gasteiger partial charge in [0.15, 0.2) is 0 Å². The highest BCUT2D eigenvalue weighted by Gasteiger charge is 2.45. The number of nitrogens with zero attached hydrogens (tertiary/aromatic N) is 1. The summed E-state index contributed by atoms with van der Waals surface area (Å²) in [5, 5.41) is 20.6. The summed E-state index contributed by atoms with van der Waals surface area (Å²) in [6.45, 7) is 8.61. The molecular weight excluding hydrogens is 310 g/mol. The minimum Gasteiger partial charge on any atom is -0.506 e. The van der Waals surface area contributed by atoms with Gasteiger partial charge >= 0.3 is 0 Å². The van der Waals surface area contributed by atoms with Crippen molar-refractivity contribution >= 4 is 0 Å². The summed E-state index contributed by atoms with van der Waals surface area (Å²) >= 11 is 0. The second-order valence-electron chi connectivity index (χ2n) is 8.13. The SMILES string of the molecule is CCCCCc1cc2c(c(O)c1C#N)C1C=C(C)CCC1C(C)(C)O2. The van der Waals surface area contributed by atoms with Crippen molar-refractivity contribution in [3.8, 4) is 17.6 Å². The maximum atomic E-state index is 10.9. The number of allylic oxidation sites excluding steroid dienone is 2. The lowest BCUT2D eigenvalue weighted by Crippen LogP contribution is -2.45. The predicted octanol–water partition coefficient (Wildman–Crippen LogP) is 5.61. The van der Waals surface area contributed by atoms with Crippen molar-refractivity contribution in [2.24, 2.45) is 5.92 Å². The molecule has 2 atom stereocenters. The Morgan fingerprint density at radius 3 is 2.80 bits per heavy atom. The summed E-state index contributed by atoms with van der Waals surface area (Å²) in [7, 11) is 0. The van der Waals surface area contributed by atoms with Crippen LogP contribution in [0.25, 0.3) is 0 Å². The van der Waals surface area contributed by atoms with E-state index < -0.39 is 0 Å². The molecule has 0 bridgehead atoms. The van der Waals surface area contributed by atoms with Gasteiger partial charge in [0.05, 0.1) is 5.56 Å². The predicted molar refractivity (Wildman–Crippen MR) is 100.0 cm³/mol. The smallest absolute Gasteiger partial charge is 0.141 e. The molecule has 1 aliphatic carbocycles. The first-order chi connectivity index (χ1) is 11.9. The van der Waals surface area contributed by atoms with Gasteiger partial charge in [0.1, 0.15) is 23.2 Å². The molecule has 0 spiro atoms. The molecule has 3 heteroatoms. The lowest BCUT2D eigenvalue weighted by molar-refractivity contribution is 0.0107. The highest BCUT2D eigenvalue weighted by atomic mass is 16.5. The summed E-state index contributed by atoms with van der Waals surface area (Å²) in [4.78, 5) is 0. The molecule has 3 nitrogen and oxygen atoms in total. The zero-order chi connectivity index (χ0) is 18.2. The van der Waals surface area contributed by atoms with Crippen LogP contribution >= 0.6 is 0 Å². The number of benzene rings is 1. The molecule has 0 radical (unpaired) electrons. The number of hydrogen-bond acceptors (Lipinski definition) is 3. The Morgan fingerprint density at radius 2 is 2.12 bits per heavy atom. The van der Waals surface area contributed by atoms with E-state index in [0.29, 0.717) is 11.5 Å². The molecule has 1 heterocycles. The quantitative estimate of drug-likeness (QED) is 0.573. The standard InChI is InChI=1S/C22H29NO2/c1-5-6-7-8-15-12-19-20(21(24)17(15)13-23)16-11-14(2)9-10-18(16)22(3,4)25-19/h11-12,16,18,24H,5-10H2,1-4H3. The van der Waals surface area contributed by atoms with Crippen molar-refractivity contribution in [2.45, 2.75) is 77.7 Å². The van der Waals surface area contributed by atoms with E-state index in [2.05, 4.69) is 39.8 Å². The lowest BCUT2D eigenvalue weighted by atomic mass is 9.67. The second-order valence-corrected chi connectivity index (χ2v) is 8.13. The summed E-state index contributed by atoms with van der Waals surface area (Å²) in [6.07, 6.45) is 8.50. The van der Waals surface area contributed by atoms with E-state index >= 15 is 0 Å². The normalized spacial score (nSPS) is 23.7. The van der Waals surface area contributed by atoms with E-state index in [1.165, 1.54) is 5.57 Å². The largest absolute Gasteiger partial charge is 0.506 e. The highest BCUT2D eigenvalue weighted by Crippen LogP contribution is 2.54. The maximum absolute atomic E-state index is 10.9. The van der Waals surface area contributed by atoms with Crippen LogP contribution in [0.15, 0.2) is 17.7 Å². The van der Waals surface area contributed by atoms with Gasteiger partial charge in [-0.15, -0.1) is 0 Å². The van der Waals surface area contributed by atoms with Gasteiger partial charge < -0.3 is 9.84 Å². The van der Waals surface area contributed by atoms with Gasteiger partial charge in [-0.2, -0.15) is 5.26 Å². The second kappa shape index (κ2) is 6.75. The Hall–Kier alpha value is -1.95. The van der Waals surface area contributed by atoms with Gasteiger partial charge in [0, 0.05) is 17.4 Å². The average Bonchev–Trinajstić information content (AvgIpc) is 2.54. The Morgan fingerprint density at radius 1 is 1.36 bits per heavy atom. The van der Waals surface area contributed by atoms with Crippen molar-refractivity contribution in [1.82, 2.24) is 0 Å². The Kier molecular flexibility index (Phi) is 4.82. The van der Waals surface area contributed by atoms with Gasteiger partial charge in [-0.3, -0.25) is 0 Å². The zero-order valence-electron chi connectivity index (χ0n) is 15.9. The third-order valence-corrected chi connectivity index (χ3v) is 5.89. The van der Waals surface area contributed by atoms with E-state index in [0.717, 1.165) is 55.4 Å². The number of aromatic hydroxyl groups is 1. The van der Waals surface area contributed by atoms with Gasteiger partial charge in [-0.1, -0.05) is 31.4 Å². The van der Waals surface area contributed by atoms with E-state index in [4.69, 9.17) is 4.74 Å². The number of rotatable bonds is 4. The fraction of sp³-hybridized carbons (Fsp3) is 0.591. The zero-order valence-corrected chi connectivity index (χ0v) is 15.9. The molecule has 2 aliphatic rings. The molecule has 1 N–H and O–H groups in total. The van der Waals surface area contributed by atoms with E-state index in [9.17, 15) is 10.4 Å². The summed E-state index contributed by atoms with van der Waals surface area (Å²) in [5.74, 6) is 1.36. The Bertz CT molecular complexity index is 739. The van der Waals surface area contributed by atoms with Gasteiger partial charge in [0.25, 0.3) is 0 Å². The number of fused-ring (bicyclic) bond motifs is 3. The van der Waals surface area contributed by atoms with Gasteiger partial charge in [-0.05, 0) is 58.1 Å². The van der Waals surface area contributed by atoms with Crippen molar-refractivity contribution < 1.29 is 9.84 Å². The van der Waals surface area contributed by atoms with Crippen LogP contribution in [0.2, 0.25) is 0 Å². The molecule has 3 rings (SSSR count). The fourth-order valence-electron chi connectivity index (χ4n) is 4.50. The number of nitriles is 1. The number of aryl methyl sites for hydroxylation is 1. The minimum atomic E-state index is -0.268. The Labute approximate surface area is 151 Å². The van der Waals surface area contributed by atoms with Crippen LogP contribution in [0, 0.1) is 17.2 Å². The summed E-state index contributed by atoms with van der Waals surface area (Å²) in [5.41, 5.74) is 3.26. The lowest BCUT2D eigenvalue weighted by Gasteiger charge is -2.46. The highest BCUT2D eigenvalue weighted by molar-refractivity contribution is 5.62. The first-order valence-corrected chi connectivity index (χ1v) is 9.54. The van der Waals surface area contributed by atoms with E-state index in [1.807, 2.05) is 6.07 Å². The van der Waals surface area contributed by atoms with Crippen molar-refractivity contribution in [3.63, 3.8) is 0 Å². The monoisotopic (exact) mass is 339 g/mol. The number of phenols is 1. The molecule has 134 valence electrons. The molecule has 1 aromatic carbocycles. The van der Waals surface area contributed by atoms with Crippen LogP contribution in [0.4, 0.5) is 0 Å². The molecule has 0 aromatic heterocycles. The minimum absolute atomic E-state index is 0.129. The number of hydrogen-bond donors (Lipinski definition) is 1. The molecule has 2 unspecified atom stereocenters. The van der Waals surface area contributed by atoms with Crippen LogP contribution in [0.1, 0.15) is 82.4 Å². The molecular formula is C22H29NO2. The average molecular weight is 339 g/mol. The molecule has 0 saturated carbocycles. The van der Waals surface area contributed by atoms with Crippen LogP contribution in [-0.4, -0.2) is 10.7 Å². The fourth-order valence-corrected chi connectivity index (χ4v) is 4.50. The molecule has 25 heavy (non-hydrogen) atoms. The Balaban J connectivity index is 2.12. The third kappa shape index (κ3) is 3.15. The maximum Gasteiger partial charge on any atom is 0.141 e. The van der Waals surface area contributed by atoms with Crippen molar-refractivity contribution in [3.05, 3.63) is 34.4 Å². The van der Waals surface area contributed by atoms with E-state index in [-0.39, 0.29) is 17.3 Å². The molecule has 1 aliphatic heterocycles.